The van der Waals surface area contributed by atoms with Crippen molar-refractivity contribution >= 4 is 44.2 Å². The zero-order chi connectivity index (χ0) is 20.4. The summed E-state index contributed by atoms with van der Waals surface area (Å²) in [7, 11) is 0. The molecule has 0 saturated carbocycles. The molecule has 4 rings (SSSR count). The lowest BCUT2D eigenvalue weighted by Gasteiger charge is -2.20. The number of thiazole rings is 1. The lowest BCUT2D eigenvalue weighted by atomic mass is 10.1. The van der Waals surface area contributed by atoms with Gasteiger partial charge in [0.25, 0.3) is 5.91 Å². The van der Waals surface area contributed by atoms with Crippen LogP contribution in [0.15, 0.2) is 55.1 Å². The fourth-order valence-corrected chi connectivity index (χ4v) is 4.49. The quantitative estimate of drug-likeness (QED) is 0.410. The highest BCUT2D eigenvalue weighted by atomic mass is 35.5. The highest BCUT2D eigenvalue weighted by Crippen LogP contribution is 2.34. The Morgan fingerprint density at radius 3 is 2.59 bits per heavy atom. The molecule has 0 aliphatic heterocycles. The number of aromatic nitrogens is 3. The van der Waals surface area contributed by atoms with E-state index in [1.165, 1.54) is 5.56 Å². The number of aryl methyl sites for hydroxylation is 3. The van der Waals surface area contributed by atoms with Crippen LogP contribution in [-0.4, -0.2) is 27.0 Å². The molecule has 1 amide bonds. The molecule has 4 aromatic rings. The van der Waals surface area contributed by atoms with E-state index < -0.39 is 0 Å². The number of hydrogen-bond acceptors (Lipinski definition) is 4. The summed E-state index contributed by atoms with van der Waals surface area (Å²) in [4.78, 5) is 24.0. The number of carbonyl (C=O) groups is 1. The summed E-state index contributed by atoms with van der Waals surface area (Å²) in [5.74, 6) is -0.0679. The number of amides is 1. The number of benzene rings is 2. The highest BCUT2D eigenvalue weighted by molar-refractivity contribution is 7.22. The van der Waals surface area contributed by atoms with Crippen molar-refractivity contribution in [1.82, 2.24) is 14.5 Å². The van der Waals surface area contributed by atoms with Crippen LogP contribution in [0.5, 0.6) is 0 Å². The fourth-order valence-electron chi connectivity index (χ4n) is 3.23. The van der Waals surface area contributed by atoms with Gasteiger partial charge in [-0.25, -0.2) is 9.97 Å². The minimum Gasteiger partial charge on any atom is -0.337 e. The van der Waals surface area contributed by atoms with Crippen LogP contribution in [0.4, 0.5) is 5.13 Å². The Labute approximate surface area is 178 Å². The van der Waals surface area contributed by atoms with E-state index in [1.807, 2.05) is 10.8 Å². The van der Waals surface area contributed by atoms with Gasteiger partial charge in [-0.2, -0.15) is 0 Å². The Balaban J connectivity index is 1.67. The molecule has 2 aromatic carbocycles. The Morgan fingerprint density at radius 2 is 1.90 bits per heavy atom. The molecular formula is C22H21ClN4OS. The molecule has 5 nitrogen and oxygen atoms in total. The average Bonchev–Trinajstić information content (AvgIpc) is 3.39. The number of fused-ring (bicyclic) bond motifs is 1. The molecule has 148 valence electrons. The van der Waals surface area contributed by atoms with E-state index in [2.05, 4.69) is 31.0 Å². The fraction of sp³-hybridized carbons (Fsp3) is 0.227. The number of nitrogens with zero attached hydrogens (tertiary/aromatic N) is 4. The van der Waals surface area contributed by atoms with Crippen molar-refractivity contribution in [3.63, 3.8) is 0 Å². The van der Waals surface area contributed by atoms with Crippen LogP contribution >= 0.6 is 22.9 Å². The number of anilines is 1. The van der Waals surface area contributed by atoms with Crippen LogP contribution < -0.4 is 4.90 Å². The van der Waals surface area contributed by atoms with E-state index in [0.29, 0.717) is 17.1 Å². The second kappa shape index (κ2) is 8.35. The third-order valence-corrected chi connectivity index (χ3v) is 6.32. The van der Waals surface area contributed by atoms with E-state index in [9.17, 15) is 4.79 Å². The summed E-state index contributed by atoms with van der Waals surface area (Å²) in [5, 5.41) is 1.34. The number of hydrogen-bond donors (Lipinski definition) is 0. The highest BCUT2D eigenvalue weighted by Gasteiger charge is 2.22. The Bertz CT molecular complexity index is 1100. The third kappa shape index (κ3) is 4.18. The Hall–Kier alpha value is -2.70. The molecule has 2 heterocycles. The molecule has 29 heavy (non-hydrogen) atoms. The van der Waals surface area contributed by atoms with E-state index in [4.69, 9.17) is 16.6 Å². The molecule has 7 heteroatoms. The molecule has 0 aliphatic rings. The molecule has 0 spiro atoms. The minimum absolute atomic E-state index is 0.0679. The van der Waals surface area contributed by atoms with Crippen LogP contribution in [0.1, 0.15) is 27.9 Å². The van der Waals surface area contributed by atoms with Crippen LogP contribution in [-0.2, 0) is 6.54 Å². The summed E-state index contributed by atoms with van der Waals surface area (Å²) in [6.45, 7) is 5.48. The predicted molar refractivity (Wildman–Crippen MR) is 119 cm³/mol. The predicted octanol–water partition coefficient (Wildman–Crippen LogP) is 5.50. The van der Waals surface area contributed by atoms with Crippen molar-refractivity contribution in [3.05, 3.63) is 76.8 Å². The number of halogens is 1. The lowest BCUT2D eigenvalue weighted by molar-refractivity contribution is 0.0986. The summed E-state index contributed by atoms with van der Waals surface area (Å²) in [6, 6.07) is 11.2. The molecule has 0 fully saturated rings. The van der Waals surface area contributed by atoms with Gasteiger partial charge in [-0.05, 0) is 55.7 Å². The van der Waals surface area contributed by atoms with E-state index in [1.54, 1.807) is 53.0 Å². The first-order chi connectivity index (χ1) is 14.0. The third-order valence-electron chi connectivity index (χ3n) is 4.86. The number of rotatable bonds is 6. The summed E-state index contributed by atoms with van der Waals surface area (Å²) in [5.41, 5.74) is 3.86. The SMILES string of the molecule is Cc1ccc(C)c2sc(N(CCCn3ccnc3)C(=O)c3ccc(Cl)cc3)nc12. The van der Waals surface area contributed by atoms with Gasteiger partial charge in [0.15, 0.2) is 5.13 Å². The average molecular weight is 425 g/mol. The molecule has 0 N–H and O–H groups in total. The molecular weight excluding hydrogens is 404 g/mol. The normalized spacial score (nSPS) is 11.1. The Kier molecular flexibility index (Phi) is 5.65. The number of carbonyl (C=O) groups excluding carboxylic acids is 1. The van der Waals surface area contributed by atoms with Gasteiger partial charge in [0.05, 0.1) is 16.5 Å². The van der Waals surface area contributed by atoms with Gasteiger partial charge < -0.3 is 4.57 Å². The maximum absolute atomic E-state index is 13.3. The zero-order valence-corrected chi connectivity index (χ0v) is 17.9. The second-order valence-electron chi connectivity index (χ2n) is 6.99. The lowest BCUT2D eigenvalue weighted by Crippen LogP contribution is -2.32. The topological polar surface area (TPSA) is 51.0 Å². The van der Waals surface area contributed by atoms with Gasteiger partial charge >= 0.3 is 0 Å². The molecule has 0 unspecified atom stereocenters. The standard InChI is InChI=1S/C22H21ClN4OS/c1-15-4-5-16(2)20-19(15)25-22(29-20)27(12-3-11-26-13-10-24-14-26)21(28)17-6-8-18(23)9-7-17/h4-10,13-14H,3,11-12H2,1-2H3. The molecule has 0 aliphatic carbocycles. The van der Waals surface area contributed by atoms with E-state index in [-0.39, 0.29) is 5.91 Å². The van der Waals surface area contributed by atoms with Crippen molar-refractivity contribution in [2.24, 2.45) is 0 Å². The first-order valence-electron chi connectivity index (χ1n) is 9.43. The van der Waals surface area contributed by atoms with Crippen LogP contribution in [0, 0.1) is 13.8 Å². The molecule has 2 aromatic heterocycles. The van der Waals surface area contributed by atoms with Crippen molar-refractivity contribution in [2.45, 2.75) is 26.8 Å². The van der Waals surface area contributed by atoms with E-state index in [0.717, 1.165) is 33.9 Å². The van der Waals surface area contributed by atoms with Crippen molar-refractivity contribution in [1.29, 1.82) is 0 Å². The van der Waals surface area contributed by atoms with Crippen molar-refractivity contribution < 1.29 is 4.79 Å². The van der Waals surface area contributed by atoms with Gasteiger partial charge in [-0.1, -0.05) is 35.1 Å². The second-order valence-corrected chi connectivity index (χ2v) is 8.41. The summed E-state index contributed by atoms with van der Waals surface area (Å²) in [6.07, 6.45) is 6.27. The maximum Gasteiger partial charge on any atom is 0.260 e. The zero-order valence-electron chi connectivity index (χ0n) is 16.3. The van der Waals surface area contributed by atoms with Gasteiger partial charge in [-0.15, -0.1) is 0 Å². The van der Waals surface area contributed by atoms with Crippen molar-refractivity contribution in [3.8, 4) is 0 Å². The number of imidazole rings is 1. The molecule has 0 bridgehead atoms. The van der Waals surface area contributed by atoms with Crippen LogP contribution in [0.25, 0.3) is 10.2 Å². The first-order valence-corrected chi connectivity index (χ1v) is 10.6. The van der Waals surface area contributed by atoms with Gasteiger partial charge in [0.2, 0.25) is 0 Å². The van der Waals surface area contributed by atoms with Crippen LogP contribution in [0.3, 0.4) is 0 Å². The van der Waals surface area contributed by atoms with Gasteiger partial charge in [0, 0.05) is 36.1 Å². The minimum atomic E-state index is -0.0679. The molecule has 0 radical (unpaired) electrons. The summed E-state index contributed by atoms with van der Waals surface area (Å²) >= 11 is 7.57. The maximum atomic E-state index is 13.3. The van der Waals surface area contributed by atoms with Gasteiger partial charge in [0.1, 0.15) is 0 Å². The Morgan fingerprint density at radius 1 is 1.14 bits per heavy atom. The monoisotopic (exact) mass is 424 g/mol. The summed E-state index contributed by atoms with van der Waals surface area (Å²) < 4.78 is 3.14. The first kappa shape index (κ1) is 19.6. The smallest absolute Gasteiger partial charge is 0.260 e. The van der Waals surface area contributed by atoms with E-state index >= 15 is 0 Å². The van der Waals surface area contributed by atoms with Crippen molar-refractivity contribution in [2.75, 3.05) is 11.4 Å². The largest absolute Gasteiger partial charge is 0.337 e. The van der Waals surface area contributed by atoms with Crippen LogP contribution in [0.2, 0.25) is 5.02 Å². The molecule has 0 atom stereocenters. The van der Waals surface area contributed by atoms with Gasteiger partial charge in [-0.3, -0.25) is 9.69 Å². The molecule has 0 saturated heterocycles.